The molecule has 1 fully saturated rings. The highest BCUT2D eigenvalue weighted by Gasteiger charge is 2.28. The number of nitrogens with zero attached hydrogens (tertiary/aromatic N) is 2. The van der Waals surface area contributed by atoms with Crippen LogP contribution < -0.4 is 21.1 Å². The number of carboxylic acids is 1. The van der Waals surface area contributed by atoms with Crippen LogP contribution in [0.5, 0.6) is 5.75 Å². The summed E-state index contributed by atoms with van der Waals surface area (Å²) in [6.07, 6.45) is 1.24. The Kier molecular flexibility index (Phi) is 10.8. The molecule has 1 unspecified atom stereocenters. The summed E-state index contributed by atoms with van der Waals surface area (Å²) in [6.45, 7) is 6.00. The van der Waals surface area contributed by atoms with Gasteiger partial charge in [-0.15, -0.1) is 0 Å². The Hall–Kier alpha value is -5.43. The Balaban J connectivity index is 0.00000111. The molecular formula is C36H40FN5O7. The lowest BCUT2D eigenvalue weighted by molar-refractivity contribution is -0.134. The second-order valence-electron chi connectivity index (χ2n) is 12.2. The number of aryl methyl sites for hydroxylation is 1. The molecule has 1 aromatic heterocycles. The van der Waals surface area contributed by atoms with E-state index >= 15 is 4.39 Å². The van der Waals surface area contributed by atoms with Gasteiger partial charge in [-0.3, -0.25) is 14.9 Å². The minimum atomic E-state index is -0.833. The molecule has 4 heterocycles. The number of carboxylic acid groups (broad SMARTS) is 1. The van der Waals surface area contributed by atoms with Crippen LogP contribution in [0.4, 0.5) is 26.4 Å². The van der Waals surface area contributed by atoms with Gasteiger partial charge in [-0.05, 0) is 59.3 Å². The molecule has 3 aliphatic rings. The molecule has 49 heavy (non-hydrogen) atoms. The summed E-state index contributed by atoms with van der Waals surface area (Å²) in [7, 11) is 1.66. The van der Waals surface area contributed by atoms with Crippen LogP contribution in [0.1, 0.15) is 54.5 Å². The van der Waals surface area contributed by atoms with Crippen LogP contribution in [-0.2, 0) is 25.6 Å². The summed E-state index contributed by atoms with van der Waals surface area (Å²) >= 11 is 0. The number of pyridine rings is 1. The molecule has 4 bridgehead atoms. The number of benzene rings is 3. The zero-order valence-corrected chi connectivity index (χ0v) is 27.8. The number of carbonyl (C=O) groups excluding carboxylic acids is 2. The van der Waals surface area contributed by atoms with Crippen molar-refractivity contribution in [3.05, 3.63) is 88.9 Å². The second-order valence-corrected chi connectivity index (χ2v) is 12.2. The molecule has 1 saturated heterocycles. The van der Waals surface area contributed by atoms with Crippen LogP contribution in [-0.4, -0.2) is 65.9 Å². The third-order valence-corrected chi connectivity index (χ3v) is 8.30. The van der Waals surface area contributed by atoms with Gasteiger partial charge in [-0.25, -0.2) is 14.2 Å². The van der Waals surface area contributed by atoms with E-state index in [1.807, 2.05) is 56.3 Å². The molecule has 3 aliphatic heterocycles. The molecule has 2 amide bonds. The average molecular weight is 674 g/mol. The number of nitrogens with one attached hydrogen (secondary N) is 2. The van der Waals surface area contributed by atoms with Crippen molar-refractivity contribution in [3.63, 3.8) is 0 Å². The first-order valence-corrected chi connectivity index (χ1v) is 15.9. The van der Waals surface area contributed by atoms with E-state index in [2.05, 4.69) is 15.6 Å². The van der Waals surface area contributed by atoms with E-state index in [9.17, 15) is 9.59 Å². The van der Waals surface area contributed by atoms with Gasteiger partial charge in [0.05, 0.1) is 19.8 Å². The van der Waals surface area contributed by atoms with Gasteiger partial charge in [-0.2, -0.15) is 0 Å². The molecule has 13 heteroatoms. The first-order valence-electron chi connectivity index (χ1n) is 15.9. The van der Waals surface area contributed by atoms with Gasteiger partial charge in [0, 0.05) is 67.4 Å². The summed E-state index contributed by atoms with van der Waals surface area (Å²) in [6, 6.07) is 15.4. The number of aromatic nitrogens is 1. The molecule has 7 rings (SSSR count). The average Bonchev–Trinajstić information content (AvgIpc) is 3.56. The summed E-state index contributed by atoms with van der Waals surface area (Å²) in [5, 5.41) is 15.2. The predicted molar refractivity (Wildman–Crippen MR) is 183 cm³/mol. The SMILES string of the molecule is CC(=O)O.Cc1cc2ccc1[C@@H](C)COC(=O)Nc1cc(F)c(O[C@H]3CCOC3)c(c1)CN(C)C(=O)C2Nc1ccc2c(N)nccc2c1. The number of carbonyl (C=O) groups is 3. The number of nitrogen functional groups attached to an aromatic ring is 1. The van der Waals surface area contributed by atoms with Crippen molar-refractivity contribution in [2.24, 2.45) is 0 Å². The molecule has 4 aromatic rings. The van der Waals surface area contributed by atoms with Crippen LogP contribution in [0.25, 0.3) is 10.8 Å². The Bertz CT molecular complexity index is 1860. The monoisotopic (exact) mass is 673 g/mol. The van der Waals surface area contributed by atoms with Gasteiger partial charge in [0.15, 0.2) is 11.6 Å². The van der Waals surface area contributed by atoms with Gasteiger partial charge >= 0.3 is 6.09 Å². The van der Waals surface area contributed by atoms with Gasteiger partial charge < -0.3 is 35.3 Å². The fourth-order valence-electron chi connectivity index (χ4n) is 5.92. The maximum atomic E-state index is 15.6. The maximum Gasteiger partial charge on any atom is 0.411 e. The van der Waals surface area contributed by atoms with E-state index in [0.717, 1.165) is 40.1 Å². The van der Waals surface area contributed by atoms with E-state index in [-0.39, 0.29) is 42.5 Å². The number of nitrogens with two attached hydrogens (primary N) is 1. The molecule has 0 radical (unpaired) electrons. The van der Waals surface area contributed by atoms with Crippen molar-refractivity contribution < 1.29 is 38.1 Å². The highest BCUT2D eigenvalue weighted by atomic mass is 19.1. The lowest BCUT2D eigenvalue weighted by Gasteiger charge is -2.28. The standard InChI is InChI=1S/C34H36FN5O5.C2H4O2/c1-19-12-22-4-6-27(19)20(2)17-44-34(42)39-25-14-23(31(29(35)15-25)45-26-9-11-43-18-26)16-40(3)33(41)30(22)38-24-5-7-28-21(13-24)8-10-37-32(28)36;1-2(3)4/h4-8,10,12-15,20,26,30,38H,9,11,16-18H2,1-3H3,(H2,36,37)(H,39,42);1H3,(H,3,4)/t20-,26-,30?;/m0./s1. The summed E-state index contributed by atoms with van der Waals surface area (Å²) < 4.78 is 32.5. The van der Waals surface area contributed by atoms with Crippen molar-refractivity contribution in [3.8, 4) is 5.75 Å². The fourth-order valence-corrected chi connectivity index (χ4v) is 5.92. The van der Waals surface area contributed by atoms with Crippen molar-refractivity contribution >= 4 is 45.9 Å². The molecule has 0 spiro atoms. The quantitative estimate of drug-likeness (QED) is 0.202. The molecule has 258 valence electrons. The van der Waals surface area contributed by atoms with Crippen LogP contribution in [0, 0.1) is 12.7 Å². The van der Waals surface area contributed by atoms with Gasteiger partial charge in [0.1, 0.15) is 18.0 Å². The molecular weight excluding hydrogens is 633 g/mol. The Morgan fingerprint density at radius 3 is 2.63 bits per heavy atom. The predicted octanol–water partition coefficient (Wildman–Crippen LogP) is 6.00. The number of fused-ring (bicyclic) bond motifs is 10. The number of anilines is 3. The topological polar surface area (TPSA) is 165 Å². The highest BCUT2D eigenvalue weighted by Crippen LogP contribution is 2.33. The Labute approximate surface area is 283 Å². The van der Waals surface area contributed by atoms with Crippen molar-refractivity contribution in [1.29, 1.82) is 0 Å². The number of ether oxygens (including phenoxy) is 3. The minimum Gasteiger partial charge on any atom is -0.484 e. The van der Waals surface area contributed by atoms with Crippen molar-refractivity contribution in [2.75, 3.05) is 43.2 Å². The summed E-state index contributed by atoms with van der Waals surface area (Å²) in [4.78, 5) is 41.7. The zero-order valence-electron chi connectivity index (χ0n) is 27.8. The van der Waals surface area contributed by atoms with Crippen LogP contribution >= 0.6 is 0 Å². The summed E-state index contributed by atoms with van der Waals surface area (Å²) in [5.74, 6) is -1.42. The number of halogens is 1. The van der Waals surface area contributed by atoms with Crippen molar-refractivity contribution in [2.45, 2.75) is 51.8 Å². The van der Waals surface area contributed by atoms with Crippen LogP contribution in [0.3, 0.4) is 0 Å². The molecule has 0 saturated carbocycles. The van der Waals surface area contributed by atoms with Gasteiger partial charge in [0.25, 0.3) is 5.97 Å². The van der Waals surface area contributed by atoms with E-state index in [1.165, 1.54) is 11.0 Å². The fraction of sp³-hybridized carbons (Fsp3) is 0.333. The Morgan fingerprint density at radius 2 is 1.92 bits per heavy atom. The third kappa shape index (κ3) is 8.54. The van der Waals surface area contributed by atoms with E-state index in [4.69, 9.17) is 29.8 Å². The lowest BCUT2D eigenvalue weighted by Crippen LogP contribution is -2.35. The lowest BCUT2D eigenvalue weighted by atomic mass is 9.93. The third-order valence-electron chi connectivity index (χ3n) is 8.30. The zero-order chi connectivity index (χ0) is 35.2. The number of rotatable bonds is 4. The number of hydrogen-bond donors (Lipinski definition) is 4. The first kappa shape index (κ1) is 34.9. The van der Waals surface area contributed by atoms with Crippen molar-refractivity contribution in [1.82, 2.24) is 9.88 Å². The molecule has 12 nitrogen and oxygen atoms in total. The molecule has 0 aliphatic carbocycles. The van der Waals surface area contributed by atoms with Gasteiger partial charge in [0.2, 0.25) is 5.91 Å². The van der Waals surface area contributed by atoms with Gasteiger partial charge in [-0.1, -0.05) is 25.1 Å². The number of hydrogen-bond acceptors (Lipinski definition) is 9. The van der Waals surface area contributed by atoms with Crippen LogP contribution in [0.2, 0.25) is 0 Å². The number of aliphatic carboxylic acids is 1. The molecule has 3 aromatic carbocycles. The smallest absolute Gasteiger partial charge is 0.411 e. The Morgan fingerprint density at radius 1 is 1.14 bits per heavy atom. The van der Waals surface area contributed by atoms with Crippen LogP contribution in [0.15, 0.2) is 60.8 Å². The normalized spacial score (nSPS) is 19.4. The molecule has 3 atom stereocenters. The minimum absolute atomic E-state index is 0.00936. The number of likely N-dealkylation sites (N-methyl/N-ethyl adjacent to an activating group) is 1. The summed E-state index contributed by atoms with van der Waals surface area (Å²) in [5.41, 5.74) is 10.1. The van der Waals surface area contributed by atoms with E-state index < -0.39 is 23.9 Å². The number of amides is 2. The maximum absolute atomic E-state index is 15.6. The van der Waals surface area contributed by atoms with E-state index in [0.29, 0.717) is 31.0 Å². The molecule has 5 N–H and O–H groups in total. The first-order chi connectivity index (χ1) is 23.4. The highest BCUT2D eigenvalue weighted by molar-refractivity contribution is 5.94. The largest absolute Gasteiger partial charge is 0.484 e. The second kappa shape index (κ2) is 15.2. The van der Waals surface area contributed by atoms with E-state index in [1.54, 1.807) is 19.3 Å².